The Labute approximate surface area is 120 Å². The van der Waals surface area contributed by atoms with Crippen LogP contribution in [0.2, 0.25) is 0 Å². The molecular formula is C14H15F3N2S. The molecule has 0 saturated heterocycles. The molecule has 0 aromatic heterocycles. The predicted molar refractivity (Wildman–Crippen MR) is 74.7 cm³/mol. The minimum Gasteiger partial charge on any atom is -0.384 e. The smallest absolute Gasteiger partial charge is 0.384 e. The molecule has 1 aliphatic rings. The number of anilines is 1. The van der Waals surface area contributed by atoms with Crippen molar-refractivity contribution in [3.8, 4) is 6.07 Å². The summed E-state index contributed by atoms with van der Waals surface area (Å²) in [6, 6.07) is 5.24. The van der Waals surface area contributed by atoms with Gasteiger partial charge in [-0.1, -0.05) is 6.42 Å². The molecule has 1 saturated carbocycles. The van der Waals surface area contributed by atoms with Gasteiger partial charge in [0.25, 0.3) is 0 Å². The number of alkyl halides is 3. The molecule has 1 aromatic rings. The molecule has 1 aromatic carbocycles. The molecule has 0 amide bonds. The molecule has 0 spiro atoms. The molecular weight excluding hydrogens is 285 g/mol. The van der Waals surface area contributed by atoms with Gasteiger partial charge in [0.1, 0.15) is 0 Å². The first kappa shape index (κ1) is 15.0. The van der Waals surface area contributed by atoms with Crippen LogP contribution in [0.15, 0.2) is 18.2 Å². The molecule has 2 nitrogen and oxygen atoms in total. The highest BCUT2D eigenvalue weighted by atomic mass is 32.2. The van der Waals surface area contributed by atoms with Gasteiger partial charge in [-0.2, -0.15) is 30.2 Å². The van der Waals surface area contributed by atoms with Gasteiger partial charge in [0, 0.05) is 17.0 Å². The van der Waals surface area contributed by atoms with Crippen molar-refractivity contribution in [2.45, 2.75) is 30.2 Å². The Morgan fingerprint density at radius 3 is 2.55 bits per heavy atom. The Bertz CT molecular complexity index is 525. The van der Waals surface area contributed by atoms with Gasteiger partial charge in [-0.25, -0.2) is 0 Å². The fraction of sp³-hybridized carbons (Fsp3) is 0.500. The van der Waals surface area contributed by atoms with Crippen LogP contribution in [0.4, 0.5) is 18.9 Å². The monoisotopic (exact) mass is 300 g/mol. The predicted octanol–water partition coefficient (Wildman–Crippen LogP) is 4.27. The lowest BCUT2D eigenvalue weighted by molar-refractivity contribution is -0.137. The number of rotatable bonds is 4. The molecule has 1 aliphatic carbocycles. The highest BCUT2D eigenvalue weighted by Crippen LogP contribution is 2.43. The summed E-state index contributed by atoms with van der Waals surface area (Å²) in [4.78, 5) is 0. The van der Waals surface area contributed by atoms with E-state index in [4.69, 9.17) is 5.26 Å². The zero-order valence-electron chi connectivity index (χ0n) is 11.0. The van der Waals surface area contributed by atoms with Crippen molar-refractivity contribution >= 4 is 17.4 Å². The van der Waals surface area contributed by atoms with E-state index in [0.717, 1.165) is 18.9 Å². The first-order chi connectivity index (χ1) is 9.40. The number of halogens is 3. The molecule has 0 heterocycles. The third kappa shape index (κ3) is 3.04. The average molecular weight is 300 g/mol. The van der Waals surface area contributed by atoms with Gasteiger partial charge in [-0.15, -0.1) is 0 Å². The van der Waals surface area contributed by atoms with Crippen LogP contribution in [-0.2, 0) is 6.18 Å². The lowest BCUT2D eigenvalue weighted by Gasteiger charge is -2.40. The highest BCUT2D eigenvalue weighted by Gasteiger charge is 2.36. The summed E-state index contributed by atoms with van der Waals surface area (Å²) in [5.41, 5.74) is -0.655. The zero-order valence-corrected chi connectivity index (χ0v) is 11.9. The second kappa shape index (κ2) is 5.57. The van der Waals surface area contributed by atoms with Crippen LogP contribution in [0, 0.1) is 11.3 Å². The van der Waals surface area contributed by atoms with Gasteiger partial charge >= 0.3 is 6.18 Å². The summed E-state index contributed by atoms with van der Waals surface area (Å²) in [6.07, 6.45) is 0.991. The largest absolute Gasteiger partial charge is 0.417 e. The normalized spacial score (nSPS) is 17.1. The van der Waals surface area contributed by atoms with Crippen LogP contribution < -0.4 is 5.32 Å². The molecule has 2 rings (SSSR count). The Balaban J connectivity index is 2.13. The fourth-order valence-electron chi connectivity index (χ4n) is 2.28. The molecule has 108 valence electrons. The van der Waals surface area contributed by atoms with Gasteiger partial charge in [0.15, 0.2) is 0 Å². The van der Waals surface area contributed by atoms with E-state index in [2.05, 4.69) is 5.32 Å². The SMILES string of the molecule is CSC1(CNc2ccc(C(F)(F)F)c(C#N)c2)CCC1. The van der Waals surface area contributed by atoms with Crippen molar-refractivity contribution in [2.24, 2.45) is 0 Å². The second-order valence-electron chi connectivity index (χ2n) is 4.96. The molecule has 0 aliphatic heterocycles. The standard InChI is InChI=1S/C14H15F3N2S/c1-20-13(5-2-6-13)9-19-11-3-4-12(14(15,16)17)10(7-11)8-18/h3-4,7,19H,2,5-6,9H2,1H3. The number of nitriles is 1. The van der Waals surface area contributed by atoms with Gasteiger partial charge in [0.05, 0.1) is 17.2 Å². The lowest BCUT2D eigenvalue weighted by atomic mass is 9.84. The number of hydrogen-bond acceptors (Lipinski definition) is 3. The first-order valence-corrected chi connectivity index (χ1v) is 7.53. The van der Waals surface area contributed by atoms with Crippen molar-refractivity contribution in [1.29, 1.82) is 5.26 Å². The van der Waals surface area contributed by atoms with Crippen molar-refractivity contribution in [1.82, 2.24) is 0 Å². The van der Waals surface area contributed by atoms with Crippen LogP contribution in [0.5, 0.6) is 0 Å². The Hall–Kier alpha value is -1.35. The van der Waals surface area contributed by atoms with E-state index in [0.29, 0.717) is 12.2 Å². The molecule has 0 atom stereocenters. The Morgan fingerprint density at radius 1 is 1.40 bits per heavy atom. The molecule has 20 heavy (non-hydrogen) atoms. The zero-order chi connectivity index (χ0) is 14.8. The summed E-state index contributed by atoms with van der Waals surface area (Å²) in [5.74, 6) is 0. The highest BCUT2D eigenvalue weighted by molar-refractivity contribution is 8.00. The molecule has 1 N–H and O–H groups in total. The van der Waals surface area contributed by atoms with E-state index in [1.54, 1.807) is 17.8 Å². The van der Waals surface area contributed by atoms with Crippen LogP contribution in [0.25, 0.3) is 0 Å². The summed E-state index contributed by atoms with van der Waals surface area (Å²) >= 11 is 1.79. The molecule has 0 bridgehead atoms. The van der Waals surface area contributed by atoms with Crippen molar-refractivity contribution in [3.63, 3.8) is 0 Å². The summed E-state index contributed by atoms with van der Waals surface area (Å²) in [7, 11) is 0. The van der Waals surface area contributed by atoms with E-state index in [9.17, 15) is 13.2 Å². The molecule has 1 fully saturated rings. The van der Waals surface area contributed by atoms with Crippen molar-refractivity contribution < 1.29 is 13.2 Å². The van der Waals surface area contributed by atoms with E-state index in [1.807, 2.05) is 6.26 Å². The van der Waals surface area contributed by atoms with Crippen LogP contribution in [-0.4, -0.2) is 17.5 Å². The number of nitrogens with zero attached hydrogens (tertiary/aromatic N) is 1. The minimum atomic E-state index is -4.49. The van der Waals surface area contributed by atoms with Gasteiger partial charge in [-0.05, 0) is 37.3 Å². The molecule has 0 radical (unpaired) electrons. The van der Waals surface area contributed by atoms with E-state index < -0.39 is 11.7 Å². The van der Waals surface area contributed by atoms with E-state index in [-0.39, 0.29) is 10.3 Å². The van der Waals surface area contributed by atoms with Crippen LogP contribution >= 0.6 is 11.8 Å². The van der Waals surface area contributed by atoms with Gasteiger partial charge in [-0.3, -0.25) is 0 Å². The number of thioether (sulfide) groups is 1. The first-order valence-electron chi connectivity index (χ1n) is 6.31. The second-order valence-corrected chi connectivity index (χ2v) is 6.24. The molecule has 0 unspecified atom stereocenters. The van der Waals surface area contributed by atoms with Crippen LogP contribution in [0.1, 0.15) is 30.4 Å². The third-order valence-corrected chi connectivity index (χ3v) is 5.18. The average Bonchev–Trinajstić information content (AvgIpc) is 2.36. The summed E-state index contributed by atoms with van der Waals surface area (Å²) < 4.78 is 38.2. The van der Waals surface area contributed by atoms with Crippen molar-refractivity contribution in [2.75, 3.05) is 18.1 Å². The van der Waals surface area contributed by atoms with Crippen molar-refractivity contribution in [3.05, 3.63) is 29.3 Å². The van der Waals surface area contributed by atoms with Gasteiger partial charge in [0.2, 0.25) is 0 Å². The Kier molecular flexibility index (Phi) is 4.19. The Morgan fingerprint density at radius 2 is 2.10 bits per heavy atom. The molecule has 6 heteroatoms. The quantitative estimate of drug-likeness (QED) is 0.901. The van der Waals surface area contributed by atoms with E-state index in [1.165, 1.54) is 18.6 Å². The maximum atomic E-state index is 12.7. The third-order valence-electron chi connectivity index (χ3n) is 3.76. The van der Waals surface area contributed by atoms with Crippen LogP contribution in [0.3, 0.4) is 0 Å². The number of benzene rings is 1. The lowest BCUT2D eigenvalue weighted by Crippen LogP contribution is -2.40. The number of hydrogen-bond donors (Lipinski definition) is 1. The summed E-state index contributed by atoms with van der Waals surface area (Å²) in [5, 5.41) is 12.0. The maximum absolute atomic E-state index is 12.7. The summed E-state index contributed by atoms with van der Waals surface area (Å²) in [6.45, 7) is 0.713. The number of nitrogens with one attached hydrogen (secondary N) is 1. The maximum Gasteiger partial charge on any atom is 0.417 e. The topological polar surface area (TPSA) is 35.8 Å². The van der Waals surface area contributed by atoms with Gasteiger partial charge < -0.3 is 5.32 Å². The minimum absolute atomic E-state index is 0.190. The fourth-order valence-corrected chi connectivity index (χ4v) is 3.19. The van der Waals surface area contributed by atoms with E-state index >= 15 is 0 Å².